The molecular formula is C12H23N3. The number of rotatable bonds is 3. The summed E-state index contributed by atoms with van der Waals surface area (Å²) < 4.78 is 2.13. The maximum absolute atomic E-state index is 6.13. The molecule has 1 aromatic heterocycles. The Morgan fingerprint density at radius 1 is 1.27 bits per heavy atom. The van der Waals surface area contributed by atoms with Crippen molar-refractivity contribution >= 4 is 5.82 Å². The highest BCUT2D eigenvalue weighted by atomic mass is 15.1. The van der Waals surface area contributed by atoms with Gasteiger partial charge in [-0.15, -0.1) is 0 Å². The van der Waals surface area contributed by atoms with E-state index in [0.29, 0.717) is 0 Å². The molecule has 0 atom stereocenters. The molecule has 2 N–H and O–H groups in total. The standard InChI is InChI=1S/C12H23N3/c1-6-8-9-14-10(12(3,4)5)11(13)15(9)7-2/h6-8,13H2,1-5H3. The molecule has 0 aliphatic rings. The second kappa shape index (κ2) is 4.25. The molecular weight excluding hydrogens is 186 g/mol. The average Bonchev–Trinajstić information content (AvgIpc) is 2.42. The number of anilines is 1. The van der Waals surface area contributed by atoms with Crippen LogP contribution in [-0.2, 0) is 18.4 Å². The Morgan fingerprint density at radius 3 is 2.27 bits per heavy atom. The van der Waals surface area contributed by atoms with Crippen LogP contribution < -0.4 is 5.73 Å². The lowest BCUT2D eigenvalue weighted by Crippen LogP contribution is -2.15. The van der Waals surface area contributed by atoms with Gasteiger partial charge in [0.25, 0.3) is 0 Å². The van der Waals surface area contributed by atoms with Crippen LogP contribution >= 0.6 is 0 Å². The summed E-state index contributed by atoms with van der Waals surface area (Å²) in [6.45, 7) is 11.7. The first-order valence-electron chi connectivity index (χ1n) is 5.77. The molecule has 0 fully saturated rings. The van der Waals surface area contributed by atoms with Gasteiger partial charge < -0.3 is 10.3 Å². The molecule has 1 heterocycles. The van der Waals surface area contributed by atoms with Crippen molar-refractivity contribution < 1.29 is 0 Å². The van der Waals surface area contributed by atoms with Crippen molar-refractivity contribution in [1.82, 2.24) is 9.55 Å². The summed E-state index contributed by atoms with van der Waals surface area (Å²) in [5.41, 5.74) is 7.20. The van der Waals surface area contributed by atoms with Gasteiger partial charge in [-0.25, -0.2) is 4.98 Å². The van der Waals surface area contributed by atoms with Crippen LogP contribution in [0, 0.1) is 0 Å². The van der Waals surface area contributed by atoms with E-state index in [0.717, 1.165) is 36.7 Å². The van der Waals surface area contributed by atoms with Crippen molar-refractivity contribution in [3.8, 4) is 0 Å². The summed E-state index contributed by atoms with van der Waals surface area (Å²) in [6.07, 6.45) is 2.12. The predicted molar refractivity (Wildman–Crippen MR) is 65.0 cm³/mol. The van der Waals surface area contributed by atoms with Gasteiger partial charge in [0, 0.05) is 18.4 Å². The summed E-state index contributed by atoms with van der Waals surface area (Å²) >= 11 is 0. The second-order valence-electron chi connectivity index (χ2n) is 5.01. The monoisotopic (exact) mass is 209 g/mol. The Hall–Kier alpha value is -0.990. The maximum atomic E-state index is 6.13. The van der Waals surface area contributed by atoms with Gasteiger partial charge in [-0.05, 0) is 13.3 Å². The zero-order valence-corrected chi connectivity index (χ0v) is 10.6. The fourth-order valence-corrected chi connectivity index (χ4v) is 1.83. The van der Waals surface area contributed by atoms with Crippen LogP contribution in [0.4, 0.5) is 5.82 Å². The SMILES string of the molecule is CCCc1nc(C(C)(C)C)c(N)n1CC. The van der Waals surface area contributed by atoms with Crippen molar-refractivity contribution in [3.05, 3.63) is 11.5 Å². The molecule has 15 heavy (non-hydrogen) atoms. The number of aryl methyl sites for hydroxylation is 1. The van der Waals surface area contributed by atoms with Crippen molar-refractivity contribution in [2.45, 2.75) is 59.4 Å². The van der Waals surface area contributed by atoms with Crippen LogP contribution in [-0.4, -0.2) is 9.55 Å². The number of nitrogens with two attached hydrogens (primary N) is 1. The van der Waals surface area contributed by atoms with Crippen molar-refractivity contribution in [3.63, 3.8) is 0 Å². The number of nitrogens with zero attached hydrogens (tertiary/aromatic N) is 2. The highest BCUT2D eigenvalue weighted by Crippen LogP contribution is 2.28. The van der Waals surface area contributed by atoms with E-state index < -0.39 is 0 Å². The molecule has 1 rings (SSSR count). The first kappa shape index (κ1) is 12.1. The van der Waals surface area contributed by atoms with Crippen molar-refractivity contribution in [2.24, 2.45) is 0 Å². The predicted octanol–water partition coefficient (Wildman–Crippen LogP) is 2.74. The minimum absolute atomic E-state index is 0.0347. The Labute approximate surface area is 92.7 Å². The molecule has 0 unspecified atom stereocenters. The van der Waals surface area contributed by atoms with Crippen LogP contribution in [0.5, 0.6) is 0 Å². The highest BCUT2D eigenvalue weighted by Gasteiger charge is 2.23. The zero-order chi connectivity index (χ0) is 11.6. The summed E-state index contributed by atoms with van der Waals surface area (Å²) in [5.74, 6) is 1.97. The normalized spacial score (nSPS) is 12.1. The third-order valence-electron chi connectivity index (χ3n) is 2.59. The second-order valence-corrected chi connectivity index (χ2v) is 5.01. The average molecular weight is 209 g/mol. The molecule has 0 saturated heterocycles. The Bertz CT molecular complexity index is 331. The van der Waals surface area contributed by atoms with E-state index in [1.807, 2.05) is 0 Å². The van der Waals surface area contributed by atoms with E-state index in [-0.39, 0.29) is 5.41 Å². The number of imidazole rings is 1. The third kappa shape index (κ3) is 2.33. The van der Waals surface area contributed by atoms with Gasteiger partial charge in [-0.3, -0.25) is 0 Å². The first-order valence-corrected chi connectivity index (χ1v) is 5.77. The fraction of sp³-hybridized carbons (Fsp3) is 0.750. The van der Waals surface area contributed by atoms with E-state index in [1.165, 1.54) is 0 Å². The maximum Gasteiger partial charge on any atom is 0.127 e. The highest BCUT2D eigenvalue weighted by molar-refractivity contribution is 5.42. The zero-order valence-electron chi connectivity index (χ0n) is 10.6. The van der Waals surface area contributed by atoms with Crippen LogP contribution in [0.25, 0.3) is 0 Å². The van der Waals surface area contributed by atoms with Gasteiger partial charge in [0.2, 0.25) is 0 Å². The van der Waals surface area contributed by atoms with Gasteiger partial charge in [0.15, 0.2) is 0 Å². The lowest BCUT2D eigenvalue weighted by Gasteiger charge is -2.16. The third-order valence-corrected chi connectivity index (χ3v) is 2.59. The van der Waals surface area contributed by atoms with Crippen LogP contribution in [0.3, 0.4) is 0 Å². The van der Waals surface area contributed by atoms with Crippen LogP contribution in [0.2, 0.25) is 0 Å². The Balaban J connectivity index is 3.21. The van der Waals surface area contributed by atoms with Gasteiger partial charge in [-0.1, -0.05) is 27.7 Å². The molecule has 0 aliphatic heterocycles. The molecule has 1 aromatic rings. The molecule has 0 radical (unpaired) electrons. The lowest BCUT2D eigenvalue weighted by molar-refractivity contribution is 0.572. The van der Waals surface area contributed by atoms with E-state index in [2.05, 4.69) is 44.2 Å². The number of aromatic nitrogens is 2. The van der Waals surface area contributed by atoms with Crippen molar-refractivity contribution in [2.75, 3.05) is 5.73 Å². The molecule has 3 heteroatoms. The molecule has 0 spiro atoms. The van der Waals surface area contributed by atoms with Gasteiger partial charge in [0.1, 0.15) is 11.6 Å². The molecule has 3 nitrogen and oxygen atoms in total. The van der Waals surface area contributed by atoms with Crippen molar-refractivity contribution in [1.29, 1.82) is 0 Å². The molecule has 0 saturated carbocycles. The Morgan fingerprint density at radius 2 is 1.87 bits per heavy atom. The van der Waals surface area contributed by atoms with E-state index in [1.54, 1.807) is 0 Å². The van der Waals surface area contributed by atoms with Crippen LogP contribution in [0.15, 0.2) is 0 Å². The minimum Gasteiger partial charge on any atom is -0.384 e. The van der Waals surface area contributed by atoms with E-state index in [4.69, 9.17) is 5.73 Å². The molecule has 0 bridgehead atoms. The molecule has 0 amide bonds. The quantitative estimate of drug-likeness (QED) is 0.832. The van der Waals surface area contributed by atoms with E-state index in [9.17, 15) is 0 Å². The fourth-order valence-electron chi connectivity index (χ4n) is 1.83. The number of nitrogen functional groups attached to an aromatic ring is 1. The Kier molecular flexibility index (Phi) is 3.42. The summed E-state index contributed by atoms with van der Waals surface area (Å²) in [6, 6.07) is 0. The molecule has 0 aliphatic carbocycles. The number of hydrogen-bond acceptors (Lipinski definition) is 2. The number of hydrogen-bond donors (Lipinski definition) is 1. The van der Waals surface area contributed by atoms with Gasteiger partial charge in [0.05, 0.1) is 5.69 Å². The summed E-state index contributed by atoms with van der Waals surface area (Å²) in [5, 5.41) is 0. The smallest absolute Gasteiger partial charge is 0.127 e. The lowest BCUT2D eigenvalue weighted by atomic mass is 9.92. The molecule has 0 aromatic carbocycles. The van der Waals surface area contributed by atoms with Gasteiger partial charge in [-0.2, -0.15) is 0 Å². The summed E-state index contributed by atoms with van der Waals surface area (Å²) in [7, 11) is 0. The van der Waals surface area contributed by atoms with Gasteiger partial charge >= 0.3 is 0 Å². The minimum atomic E-state index is 0.0347. The first-order chi connectivity index (χ1) is 6.91. The largest absolute Gasteiger partial charge is 0.384 e. The topological polar surface area (TPSA) is 43.8 Å². The molecule has 86 valence electrons. The summed E-state index contributed by atoms with van der Waals surface area (Å²) in [4.78, 5) is 4.68. The van der Waals surface area contributed by atoms with Crippen LogP contribution in [0.1, 0.15) is 52.6 Å². The van der Waals surface area contributed by atoms with E-state index >= 15 is 0 Å².